The van der Waals surface area contributed by atoms with Crippen molar-refractivity contribution in [3.05, 3.63) is 64.7 Å². The Kier molecular flexibility index (Phi) is 8.68. The number of amides is 1. The fourth-order valence-electron chi connectivity index (χ4n) is 3.46. The number of hydrogen-bond acceptors (Lipinski definition) is 5. The van der Waals surface area contributed by atoms with Gasteiger partial charge in [0, 0.05) is 31.6 Å². The van der Waals surface area contributed by atoms with Gasteiger partial charge in [0.1, 0.15) is 12.4 Å². The lowest BCUT2D eigenvalue weighted by atomic mass is 9.99. The van der Waals surface area contributed by atoms with Gasteiger partial charge in [-0.15, -0.1) is 0 Å². The molecule has 6 nitrogen and oxygen atoms in total. The smallest absolute Gasteiger partial charge is 0.251 e. The molecule has 2 N–H and O–H groups in total. The van der Waals surface area contributed by atoms with E-state index in [2.05, 4.69) is 39.8 Å². The van der Waals surface area contributed by atoms with Crippen LogP contribution in [0.25, 0.3) is 0 Å². The van der Waals surface area contributed by atoms with Gasteiger partial charge in [0.25, 0.3) is 5.91 Å². The standard InChI is InChI=1S/C24H33N3O3/c1-27(2)11-4-9-26-24(28)21-7-8-23-22(17-21)16-19-5-3-6-20(15-19)18-25-10-12-29-13-14-30-23/h3,5-8,15,17,25H,4,9-14,16,18H2,1-2H3,(H,26,28). The zero-order valence-electron chi connectivity index (χ0n) is 18.1. The molecule has 2 bridgehead atoms. The van der Waals surface area contributed by atoms with E-state index in [1.807, 2.05) is 32.3 Å². The molecule has 0 fully saturated rings. The van der Waals surface area contributed by atoms with E-state index in [9.17, 15) is 4.79 Å². The summed E-state index contributed by atoms with van der Waals surface area (Å²) in [7, 11) is 4.07. The average Bonchev–Trinajstić information content (AvgIpc) is 2.73. The van der Waals surface area contributed by atoms with Gasteiger partial charge in [-0.2, -0.15) is 0 Å². The second-order valence-corrected chi connectivity index (χ2v) is 7.87. The van der Waals surface area contributed by atoms with Gasteiger partial charge in [-0.1, -0.05) is 24.3 Å². The number of ether oxygens (including phenoxy) is 2. The summed E-state index contributed by atoms with van der Waals surface area (Å²) in [6, 6.07) is 14.2. The Bertz CT molecular complexity index is 823. The highest BCUT2D eigenvalue weighted by molar-refractivity contribution is 5.94. The summed E-state index contributed by atoms with van der Waals surface area (Å²) >= 11 is 0. The quantitative estimate of drug-likeness (QED) is 0.740. The summed E-state index contributed by atoms with van der Waals surface area (Å²) in [6.07, 6.45) is 1.64. The summed E-state index contributed by atoms with van der Waals surface area (Å²) in [5, 5.41) is 6.42. The van der Waals surface area contributed by atoms with Crippen LogP contribution in [0.1, 0.15) is 33.5 Å². The highest BCUT2D eigenvalue weighted by atomic mass is 16.5. The molecular weight excluding hydrogens is 378 g/mol. The third-order valence-corrected chi connectivity index (χ3v) is 5.01. The lowest BCUT2D eigenvalue weighted by molar-refractivity contribution is 0.0951. The lowest BCUT2D eigenvalue weighted by Crippen LogP contribution is -2.27. The zero-order valence-corrected chi connectivity index (χ0v) is 18.1. The minimum atomic E-state index is -0.0442. The highest BCUT2D eigenvalue weighted by Gasteiger charge is 2.12. The van der Waals surface area contributed by atoms with Crippen LogP contribution in [0.5, 0.6) is 5.75 Å². The van der Waals surface area contributed by atoms with Gasteiger partial charge in [-0.25, -0.2) is 0 Å². The topological polar surface area (TPSA) is 62.8 Å². The Hall–Kier alpha value is -2.41. The van der Waals surface area contributed by atoms with Crippen LogP contribution in [0.15, 0.2) is 42.5 Å². The van der Waals surface area contributed by atoms with Crippen molar-refractivity contribution in [2.24, 2.45) is 0 Å². The molecule has 0 spiro atoms. The Morgan fingerprint density at radius 1 is 1.10 bits per heavy atom. The third-order valence-electron chi connectivity index (χ3n) is 5.01. The summed E-state index contributed by atoms with van der Waals surface area (Å²) in [5.41, 5.74) is 4.12. The Labute approximate surface area is 179 Å². The number of carbonyl (C=O) groups is 1. The van der Waals surface area contributed by atoms with Crippen molar-refractivity contribution in [2.75, 3.05) is 53.6 Å². The number of nitrogens with one attached hydrogen (secondary N) is 2. The van der Waals surface area contributed by atoms with Gasteiger partial charge in [0.05, 0.1) is 13.2 Å². The van der Waals surface area contributed by atoms with Crippen LogP contribution < -0.4 is 15.4 Å². The molecule has 0 saturated heterocycles. The molecule has 1 heterocycles. The first-order chi connectivity index (χ1) is 14.6. The van der Waals surface area contributed by atoms with E-state index in [1.54, 1.807) is 0 Å². The van der Waals surface area contributed by atoms with Crippen molar-refractivity contribution < 1.29 is 14.3 Å². The van der Waals surface area contributed by atoms with Gasteiger partial charge in [-0.05, 0) is 62.0 Å². The van der Waals surface area contributed by atoms with Crippen LogP contribution in [0, 0.1) is 0 Å². The van der Waals surface area contributed by atoms with Crippen LogP contribution in [-0.2, 0) is 17.7 Å². The van der Waals surface area contributed by atoms with Crippen LogP contribution >= 0.6 is 0 Å². The molecule has 0 radical (unpaired) electrons. The number of benzene rings is 2. The fourth-order valence-corrected chi connectivity index (χ4v) is 3.46. The molecule has 0 saturated carbocycles. The van der Waals surface area contributed by atoms with Crippen LogP contribution in [0.4, 0.5) is 0 Å². The van der Waals surface area contributed by atoms with E-state index >= 15 is 0 Å². The Balaban J connectivity index is 1.76. The van der Waals surface area contributed by atoms with Crippen molar-refractivity contribution in [1.29, 1.82) is 0 Å². The van der Waals surface area contributed by atoms with E-state index in [4.69, 9.17) is 9.47 Å². The maximum Gasteiger partial charge on any atom is 0.251 e. The van der Waals surface area contributed by atoms with E-state index in [-0.39, 0.29) is 5.91 Å². The number of fused-ring (bicyclic) bond motifs is 3. The van der Waals surface area contributed by atoms with Gasteiger partial charge < -0.3 is 25.0 Å². The Morgan fingerprint density at radius 2 is 1.97 bits per heavy atom. The first kappa shape index (κ1) is 22.3. The lowest BCUT2D eigenvalue weighted by Gasteiger charge is -2.16. The number of nitrogens with zero attached hydrogens (tertiary/aromatic N) is 1. The van der Waals surface area contributed by atoms with Crippen molar-refractivity contribution in [2.45, 2.75) is 19.4 Å². The summed E-state index contributed by atoms with van der Waals surface area (Å²) in [6.45, 7) is 4.93. The monoisotopic (exact) mass is 411 g/mol. The van der Waals surface area contributed by atoms with Crippen LogP contribution in [-0.4, -0.2) is 64.4 Å². The normalized spacial score (nSPS) is 15.0. The zero-order chi connectivity index (χ0) is 21.2. The molecule has 2 aromatic carbocycles. The number of carbonyl (C=O) groups excluding carboxylic acids is 1. The van der Waals surface area contributed by atoms with E-state index in [0.29, 0.717) is 38.3 Å². The maximum absolute atomic E-state index is 12.6. The molecule has 0 unspecified atom stereocenters. The molecule has 1 aliphatic rings. The molecule has 162 valence electrons. The fraction of sp³-hybridized carbons (Fsp3) is 0.458. The SMILES string of the molecule is CN(C)CCCNC(=O)c1ccc2c(c1)Cc1cccc(c1)CNCCOCCO2. The van der Waals surface area contributed by atoms with E-state index < -0.39 is 0 Å². The van der Waals surface area contributed by atoms with Crippen molar-refractivity contribution >= 4 is 5.91 Å². The molecule has 1 amide bonds. The Morgan fingerprint density at radius 3 is 2.83 bits per heavy atom. The van der Waals surface area contributed by atoms with Gasteiger partial charge in [0.2, 0.25) is 0 Å². The van der Waals surface area contributed by atoms with Crippen LogP contribution in [0.2, 0.25) is 0 Å². The predicted molar refractivity (Wildman–Crippen MR) is 119 cm³/mol. The van der Waals surface area contributed by atoms with E-state index in [0.717, 1.165) is 37.4 Å². The number of rotatable bonds is 5. The highest BCUT2D eigenvalue weighted by Crippen LogP contribution is 2.24. The molecule has 3 rings (SSSR count). The van der Waals surface area contributed by atoms with Gasteiger partial charge in [-0.3, -0.25) is 4.79 Å². The molecule has 0 atom stereocenters. The minimum absolute atomic E-state index is 0.0442. The molecule has 1 aliphatic heterocycles. The van der Waals surface area contributed by atoms with Crippen molar-refractivity contribution in [3.63, 3.8) is 0 Å². The maximum atomic E-state index is 12.6. The van der Waals surface area contributed by atoms with E-state index in [1.165, 1.54) is 11.1 Å². The summed E-state index contributed by atoms with van der Waals surface area (Å²) in [4.78, 5) is 14.7. The predicted octanol–water partition coefficient (Wildman–Crippen LogP) is 2.46. The van der Waals surface area contributed by atoms with Gasteiger partial charge >= 0.3 is 0 Å². The largest absolute Gasteiger partial charge is 0.491 e. The second kappa shape index (κ2) is 11.7. The molecule has 6 heteroatoms. The average molecular weight is 412 g/mol. The van der Waals surface area contributed by atoms with Crippen molar-refractivity contribution in [1.82, 2.24) is 15.5 Å². The van der Waals surface area contributed by atoms with Crippen molar-refractivity contribution in [3.8, 4) is 5.75 Å². The molecule has 2 aromatic rings. The minimum Gasteiger partial charge on any atom is -0.491 e. The summed E-state index contributed by atoms with van der Waals surface area (Å²) < 4.78 is 11.6. The number of hydrogen-bond donors (Lipinski definition) is 2. The molecule has 0 aromatic heterocycles. The molecule has 0 aliphatic carbocycles. The van der Waals surface area contributed by atoms with Gasteiger partial charge in [0.15, 0.2) is 0 Å². The third kappa shape index (κ3) is 7.13. The van der Waals surface area contributed by atoms with Crippen LogP contribution in [0.3, 0.4) is 0 Å². The second-order valence-electron chi connectivity index (χ2n) is 7.87. The summed E-state index contributed by atoms with van der Waals surface area (Å²) in [5.74, 6) is 0.764. The molecule has 30 heavy (non-hydrogen) atoms. The molecular formula is C24H33N3O3. The first-order valence-corrected chi connectivity index (χ1v) is 10.7. The first-order valence-electron chi connectivity index (χ1n) is 10.7.